The molecular formula is CH2ClNO3. The van der Waals surface area contributed by atoms with Crippen molar-refractivity contribution in [3.8, 4) is 0 Å². The highest BCUT2D eigenvalue weighted by atomic mass is 35.5. The summed E-state index contributed by atoms with van der Waals surface area (Å²) in [5, 5.41) is 8.15. The lowest BCUT2D eigenvalue weighted by molar-refractivity contribution is -0.752. The highest BCUT2D eigenvalue weighted by Crippen LogP contribution is 1.75. The number of rotatable bonds is 2. The van der Waals surface area contributed by atoms with Gasteiger partial charge in [-0.25, -0.2) is 0 Å². The Hall–Kier alpha value is -0.510. The normalized spacial score (nSPS) is 7.50. The summed E-state index contributed by atoms with van der Waals surface area (Å²) in [6.45, 7) is 0. The predicted octanol–water partition coefficient (Wildman–Crippen LogP) is 0.391. The Kier molecular flexibility index (Phi) is 2.48. The van der Waals surface area contributed by atoms with Gasteiger partial charge in [-0.05, 0) is 0 Å². The van der Waals surface area contributed by atoms with Gasteiger partial charge in [-0.1, -0.05) is 11.6 Å². The molecule has 0 aliphatic carbocycles. The summed E-state index contributed by atoms with van der Waals surface area (Å²) in [6.07, 6.45) is 0. The molecule has 0 unspecified atom stereocenters. The third-order valence-corrected chi connectivity index (χ3v) is 0.252. The van der Waals surface area contributed by atoms with Gasteiger partial charge < -0.3 is 0 Å². The second kappa shape index (κ2) is 2.71. The van der Waals surface area contributed by atoms with Gasteiger partial charge in [-0.15, -0.1) is 10.1 Å². The lowest BCUT2D eigenvalue weighted by atomic mass is 11.7. The fourth-order valence-corrected chi connectivity index (χ4v) is 0.120. The van der Waals surface area contributed by atoms with E-state index in [-0.39, 0.29) is 0 Å². The molecule has 0 rings (SSSR count). The molecule has 4 nitrogen and oxygen atoms in total. The van der Waals surface area contributed by atoms with Crippen molar-refractivity contribution in [2.75, 3.05) is 6.07 Å². The van der Waals surface area contributed by atoms with Crippen LogP contribution >= 0.6 is 11.6 Å². The molecule has 0 N–H and O–H groups in total. The Morgan fingerprint density at radius 3 is 2.50 bits per heavy atom. The SMILES string of the molecule is O=[N+]([O-])OCCl. The molecule has 0 saturated carbocycles. The van der Waals surface area contributed by atoms with Crippen molar-refractivity contribution in [3.05, 3.63) is 10.1 Å². The molecule has 0 aromatic heterocycles. The number of hydrogen-bond donors (Lipinski definition) is 0. The second-order valence-electron chi connectivity index (χ2n) is 0.462. The average molecular weight is 111 g/mol. The summed E-state index contributed by atoms with van der Waals surface area (Å²) in [5.74, 6) is 0. The maximum absolute atomic E-state index is 9.10. The largest absolute Gasteiger partial charge is 0.298 e. The summed E-state index contributed by atoms with van der Waals surface area (Å²) in [4.78, 5) is 12.6. The van der Waals surface area contributed by atoms with Crippen LogP contribution in [0.5, 0.6) is 0 Å². The first-order valence-electron chi connectivity index (χ1n) is 1.10. The van der Waals surface area contributed by atoms with Crippen LogP contribution in [-0.2, 0) is 4.84 Å². The molecule has 0 spiro atoms. The standard InChI is InChI=1S/CH2ClNO3/c2-1-6-3(4)5/h1H2. The molecule has 0 aliphatic heterocycles. The van der Waals surface area contributed by atoms with Crippen molar-refractivity contribution < 1.29 is 9.92 Å². The van der Waals surface area contributed by atoms with Gasteiger partial charge in [-0.3, -0.25) is 4.84 Å². The van der Waals surface area contributed by atoms with E-state index in [9.17, 15) is 0 Å². The minimum atomic E-state index is -0.951. The second-order valence-corrected chi connectivity index (χ2v) is 0.680. The van der Waals surface area contributed by atoms with Crippen LogP contribution in [0, 0.1) is 10.1 Å². The first-order valence-corrected chi connectivity index (χ1v) is 1.64. The van der Waals surface area contributed by atoms with Crippen molar-refractivity contribution in [2.45, 2.75) is 0 Å². The van der Waals surface area contributed by atoms with Crippen molar-refractivity contribution in [1.29, 1.82) is 0 Å². The molecule has 0 radical (unpaired) electrons. The van der Waals surface area contributed by atoms with Gasteiger partial charge in [0.25, 0.3) is 5.09 Å². The van der Waals surface area contributed by atoms with Gasteiger partial charge in [0, 0.05) is 0 Å². The average Bonchev–Trinajstić information content (AvgIpc) is 1.35. The van der Waals surface area contributed by atoms with Crippen molar-refractivity contribution >= 4 is 11.6 Å². The molecule has 0 amide bonds. The zero-order valence-electron chi connectivity index (χ0n) is 2.76. The molecule has 0 atom stereocenters. The van der Waals surface area contributed by atoms with Gasteiger partial charge in [0.2, 0.25) is 0 Å². The van der Waals surface area contributed by atoms with Gasteiger partial charge in [0.1, 0.15) is 0 Å². The third-order valence-electron chi connectivity index (χ3n) is 0.154. The smallest absolute Gasteiger partial charge is 0.295 e. The van der Waals surface area contributed by atoms with Gasteiger partial charge in [0.05, 0.1) is 0 Å². The maximum atomic E-state index is 9.10. The van der Waals surface area contributed by atoms with Crippen LogP contribution < -0.4 is 0 Å². The summed E-state index contributed by atoms with van der Waals surface area (Å²) in [5.41, 5.74) is 0. The zero-order valence-corrected chi connectivity index (χ0v) is 3.51. The fourth-order valence-electron chi connectivity index (χ4n) is 0.0398. The summed E-state index contributed by atoms with van der Waals surface area (Å²) < 4.78 is 0. The quantitative estimate of drug-likeness (QED) is 0.294. The Balaban J connectivity index is 2.83. The van der Waals surface area contributed by atoms with Crippen molar-refractivity contribution in [3.63, 3.8) is 0 Å². The number of halogens is 1. The topological polar surface area (TPSA) is 52.4 Å². The highest BCUT2D eigenvalue weighted by Gasteiger charge is 1.85. The van der Waals surface area contributed by atoms with Crippen LogP contribution in [0.15, 0.2) is 0 Å². The molecular weight excluding hydrogens is 109 g/mol. The van der Waals surface area contributed by atoms with Crippen molar-refractivity contribution in [1.82, 2.24) is 0 Å². The third kappa shape index (κ3) is 3.49. The fraction of sp³-hybridized carbons (Fsp3) is 1.00. The van der Waals surface area contributed by atoms with E-state index in [0.717, 1.165) is 0 Å². The lowest BCUT2D eigenvalue weighted by Crippen LogP contribution is -1.95. The Bertz CT molecular complexity index is 54.8. The Labute approximate surface area is 38.8 Å². The molecule has 6 heavy (non-hydrogen) atoms. The van der Waals surface area contributed by atoms with Crippen LogP contribution in [0.2, 0.25) is 0 Å². The van der Waals surface area contributed by atoms with E-state index < -0.39 is 11.2 Å². The maximum Gasteiger partial charge on any atom is 0.295 e. The van der Waals surface area contributed by atoms with Crippen LogP contribution in [0.4, 0.5) is 0 Å². The van der Waals surface area contributed by atoms with E-state index in [1.165, 1.54) is 0 Å². The minimum absolute atomic E-state index is 0.396. The summed E-state index contributed by atoms with van der Waals surface area (Å²) in [6, 6.07) is -0.396. The molecule has 5 heteroatoms. The first-order chi connectivity index (χ1) is 2.77. The first kappa shape index (κ1) is 5.49. The zero-order chi connectivity index (χ0) is 4.99. The van der Waals surface area contributed by atoms with E-state index in [2.05, 4.69) is 4.84 Å². The molecule has 0 heterocycles. The number of alkyl halides is 1. The van der Waals surface area contributed by atoms with Crippen LogP contribution in [0.3, 0.4) is 0 Å². The van der Waals surface area contributed by atoms with Gasteiger partial charge in [0.15, 0.2) is 6.07 Å². The number of hydrogen-bond acceptors (Lipinski definition) is 3. The van der Waals surface area contributed by atoms with E-state index in [0.29, 0.717) is 0 Å². The predicted molar refractivity (Wildman–Crippen MR) is 18.8 cm³/mol. The highest BCUT2D eigenvalue weighted by molar-refractivity contribution is 6.16. The molecule has 0 aromatic rings. The van der Waals surface area contributed by atoms with Gasteiger partial charge >= 0.3 is 0 Å². The molecule has 0 aromatic carbocycles. The Morgan fingerprint density at radius 2 is 2.50 bits per heavy atom. The molecule has 0 aliphatic rings. The Morgan fingerprint density at radius 1 is 2.00 bits per heavy atom. The van der Waals surface area contributed by atoms with Crippen LogP contribution in [0.1, 0.15) is 0 Å². The van der Waals surface area contributed by atoms with Crippen LogP contribution in [0.25, 0.3) is 0 Å². The summed E-state index contributed by atoms with van der Waals surface area (Å²) >= 11 is 4.73. The van der Waals surface area contributed by atoms with Gasteiger partial charge in [-0.2, -0.15) is 0 Å². The lowest BCUT2D eigenvalue weighted by Gasteiger charge is -1.82. The molecule has 0 bridgehead atoms. The van der Waals surface area contributed by atoms with E-state index in [4.69, 9.17) is 21.7 Å². The summed E-state index contributed by atoms with van der Waals surface area (Å²) in [7, 11) is 0. The molecule has 0 saturated heterocycles. The number of nitrogens with zero attached hydrogens (tertiary/aromatic N) is 1. The van der Waals surface area contributed by atoms with Crippen molar-refractivity contribution in [2.24, 2.45) is 0 Å². The molecule has 36 valence electrons. The van der Waals surface area contributed by atoms with E-state index in [1.807, 2.05) is 0 Å². The van der Waals surface area contributed by atoms with E-state index >= 15 is 0 Å². The monoisotopic (exact) mass is 111 g/mol. The van der Waals surface area contributed by atoms with Crippen LogP contribution in [-0.4, -0.2) is 11.2 Å². The minimum Gasteiger partial charge on any atom is -0.298 e. The van der Waals surface area contributed by atoms with E-state index in [1.54, 1.807) is 0 Å². The molecule has 0 fully saturated rings.